The topological polar surface area (TPSA) is 85.5 Å². The highest BCUT2D eigenvalue weighted by molar-refractivity contribution is 7.80. The maximum atomic E-state index is 12.6. The van der Waals surface area contributed by atoms with E-state index in [0.29, 0.717) is 36.1 Å². The number of urea groups is 1. The monoisotopic (exact) mass is 431 g/mol. The molecule has 4 atom stereocenters. The minimum Gasteiger partial charge on any atom is -0.358 e. The van der Waals surface area contributed by atoms with E-state index in [4.69, 9.17) is 12.2 Å². The first-order chi connectivity index (χ1) is 14.4. The maximum absolute atomic E-state index is 12.6. The Morgan fingerprint density at radius 3 is 2.57 bits per heavy atom. The molecule has 0 radical (unpaired) electrons. The van der Waals surface area contributed by atoms with Gasteiger partial charge in [0.25, 0.3) is 0 Å². The predicted molar refractivity (Wildman–Crippen MR) is 123 cm³/mol. The molecule has 2 fully saturated rings. The van der Waals surface area contributed by atoms with E-state index >= 15 is 0 Å². The number of thiocarbonyl (C=S) groups is 1. The number of benzene rings is 1. The molecule has 1 aliphatic heterocycles. The van der Waals surface area contributed by atoms with Crippen molar-refractivity contribution in [1.29, 1.82) is 0 Å². The predicted octanol–water partition coefficient (Wildman–Crippen LogP) is 3.25. The molecule has 164 valence electrons. The lowest BCUT2D eigenvalue weighted by Gasteiger charge is -2.35. The van der Waals surface area contributed by atoms with Gasteiger partial charge in [-0.1, -0.05) is 44.9 Å². The quantitative estimate of drug-likeness (QED) is 0.436. The third-order valence-corrected chi connectivity index (χ3v) is 6.65. The summed E-state index contributed by atoms with van der Waals surface area (Å²) in [5, 5.41) is 6.67. The number of anilines is 1. The molecule has 1 saturated heterocycles. The number of piperidine rings is 1. The van der Waals surface area contributed by atoms with Gasteiger partial charge in [-0.05, 0) is 55.4 Å². The van der Waals surface area contributed by atoms with Crippen LogP contribution in [-0.2, 0) is 4.79 Å². The molecule has 1 saturated carbocycles. The van der Waals surface area contributed by atoms with Crippen molar-refractivity contribution in [2.45, 2.75) is 52.0 Å². The molecule has 2 aliphatic rings. The largest absolute Gasteiger partial charge is 0.358 e. The Labute approximate surface area is 184 Å². The molecule has 3 rings (SSSR count). The van der Waals surface area contributed by atoms with Gasteiger partial charge < -0.3 is 15.5 Å². The lowest BCUT2D eigenvalue weighted by molar-refractivity contribution is -0.126. The first-order valence-corrected chi connectivity index (χ1v) is 11.3. The summed E-state index contributed by atoms with van der Waals surface area (Å²) in [6.45, 7) is 5.57. The Balaban J connectivity index is 1.43. The number of carbonyl (C=O) groups is 2. The molecule has 1 aromatic carbocycles. The Hall–Kier alpha value is -2.35. The summed E-state index contributed by atoms with van der Waals surface area (Å²) < 4.78 is 0. The highest BCUT2D eigenvalue weighted by Crippen LogP contribution is 2.29. The zero-order chi connectivity index (χ0) is 21.5. The first-order valence-electron chi connectivity index (χ1n) is 10.9. The van der Waals surface area contributed by atoms with Crippen molar-refractivity contribution in [2.75, 3.05) is 18.4 Å². The summed E-state index contributed by atoms with van der Waals surface area (Å²) in [7, 11) is 0. The van der Waals surface area contributed by atoms with Gasteiger partial charge in [0.05, 0.1) is 5.92 Å². The smallest absolute Gasteiger partial charge is 0.321 e. The van der Waals surface area contributed by atoms with Crippen molar-refractivity contribution in [1.82, 2.24) is 21.1 Å². The second-order valence-corrected chi connectivity index (χ2v) is 8.95. The molecule has 1 aliphatic carbocycles. The lowest BCUT2D eigenvalue weighted by Crippen LogP contribution is -2.55. The van der Waals surface area contributed by atoms with Crippen LogP contribution in [0.2, 0.25) is 0 Å². The normalized spacial score (nSPS) is 26.4. The summed E-state index contributed by atoms with van der Waals surface area (Å²) in [6.07, 6.45) is 5.09. The second kappa shape index (κ2) is 10.6. The molecule has 1 heterocycles. The van der Waals surface area contributed by atoms with Crippen molar-refractivity contribution in [2.24, 2.45) is 17.8 Å². The Kier molecular flexibility index (Phi) is 7.90. The third-order valence-electron chi connectivity index (χ3n) is 6.43. The fourth-order valence-electron chi connectivity index (χ4n) is 4.31. The molecule has 1 aromatic rings. The van der Waals surface area contributed by atoms with E-state index in [9.17, 15) is 9.59 Å². The molecular formula is C22H33N5O2S. The number of amides is 3. The zero-order valence-corrected chi connectivity index (χ0v) is 18.6. The van der Waals surface area contributed by atoms with Crippen molar-refractivity contribution in [3.8, 4) is 0 Å². The van der Waals surface area contributed by atoms with Crippen molar-refractivity contribution in [3.63, 3.8) is 0 Å². The summed E-state index contributed by atoms with van der Waals surface area (Å²) in [4.78, 5) is 26.8. The Morgan fingerprint density at radius 1 is 1.03 bits per heavy atom. The van der Waals surface area contributed by atoms with Gasteiger partial charge in [0.15, 0.2) is 5.11 Å². The summed E-state index contributed by atoms with van der Waals surface area (Å²) >= 11 is 5.37. The standard InChI is InChI=1S/C22H33N5O2S/c1-15-8-6-12-19(16(15)2)24-21(30)26-25-20(28)17-9-7-13-27(14-17)22(29)23-18-10-4-3-5-11-18/h3-5,10-11,15-17,19H,6-9,12-14H2,1-2H3,(H,23,29)(H,25,28)(H2,24,26,30)/t15-,16+,17+,19-/m0/s1. The highest BCUT2D eigenvalue weighted by atomic mass is 32.1. The van der Waals surface area contributed by atoms with Crippen LogP contribution in [0.4, 0.5) is 10.5 Å². The van der Waals surface area contributed by atoms with Gasteiger partial charge in [-0.3, -0.25) is 15.6 Å². The minimum atomic E-state index is -0.260. The van der Waals surface area contributed by atoms with Crippen LogP contribution in [0, 0.1) is 17.8 Å². The van der Waals surface area contributed by atoms with E-state index < -0.39 is 0 Å². The molecule has 0 spiro atoms. The van der Waals surface area contributed by atoms with Gasteiger partial charge in [-0.2, -0.15) is 0 Å². The van der Waals surface area contributed by atoms with Gasteiger partial charge in [-0.15, -0.1) is 0 Å². The molecule has 0 bridgehead atoms. The van der Waals surface area contributed by atoms with Crippen molar-refractivity contribution < 1.29 is 9.59 Å². The van der Waals surface area contributed by atoms with E-state index in [-0.39, 0.29) is 17.9 Å². The van der Waals surface area contributed by atoms with Crippen LogP contribution in [0.15, 0.2) is 30.3 Å². The number of likely N-dealkylation sites (tertiary alicyclic amines) is 1. The second-order valence-electron chi connectivity index (χ2n) is 8.54. The number of rotatable bonds is 3. The number of para-hydroxylation sites is 1. The Bertz CT molecular complexity index is 744. The zero-order valence-electron chi connectivity index (χ0n) is 17.8. The summed E-state index contributed by atoms with van der Waals surface area (Å²) in [5.74, 6) is 0.818. The van der Waals surface area contributed by atoms with Crippen LogP contribution in [-0.4, -0.2) is 41.1 Å². The first kappa shape index (κ1) is 22.3. The third kappa shape index (κ3) is 6.08. The lowest BCUT2D eigenvalue weighted by atomic mass is 9.78. The van der Waals surface area contributed by atoms with Gasteiger partial charge in [0.1, 0.15) is 0 Å². The number of nitrogens with zero attached hydrogens (tertiary/aromatic N) is 1. The van der Waals surface area contributed by atoms with E-state index in [1.165, 1.54) is 12.8 Å². The van der Waals surface area contributed by atoms with Crippen LogP contribution in [0.5, 0.6) is 0 Å². The van der Waals surface area contributed by atoms with Gasteiger partial charge in [-0.25, -0.2) is 4.79 Å². The van der Waals surface area contributed by atoms with Gasteiger partial charge in [0, 0.05) is 24.8 Å². The number of hydrogen-bond donors (Lipinski definition) is 4. The maximum Gasteiger partial charge on any atom is 0.321 e. The number of hydrazine groups is 1. The number of hydrogen-bond acceptors (Lipinski definition) is 3. The fourth-order valence-corrected chi connectivity index (χ4v) is 4.51. The molecule has 3 amide bonds. The van der Waals surface area contributed by atoms with E-state index in [2.05, 4.69) is 35.3 Å². The summed E-state index contributed by atoms with van der Waals surface area (Å²) in [6, 6.07) is 9.49. The van der Waals surface area contributed by atoms with E-state index in [0.717, 1.165) is 24.9 Å². The van der Waals surface area contributed by atoms with E-state index in [1.807, 2.05) is 30.3 Å². The summed E-state index contributed by atoms with van der Waals surface area (Å²) in [5.41, 5.74) is 6.32. The van der Waals surface area contributed by atoms with Crippen LogP contribution in [0.3, 0.4) is 0 Å². The molecule has 7 nitrogen and oxygen atoms in total. The van der Waals surface area contributed by atoms with Crippen LogP contribution in [0.1, 0.15) is 46.0 Å². The molecule has 8 heteroatoms. The minimum absolute atomic E-state index is 0.138. The van der Waals surface area contributed by atoms with Crippen molar-refractivity contribution in [3.05, 3.63) is 30.3 Å². The van der Waals surface area contributed by atoms with Crippen LogP contribution >= 0.6 is 12.2 Å². The molecule has 30 heavy (non-hydrogen) atoms. The average Bonchev–Trinajstić information content (AvgIpc) is 2.76. The number of carbonyl (C=O) groups excluding carboxylic acids is 2. The highest BCUT2D eigenvalue weighted by Gasteiger charge is 2.30. The van der Waals surface area contributed by atoms with Gasteiger partial charge >= 0.3 is 6.03 Å². The average molecular weight is 432 g/mol. The van der Waals surface area contributed by atoms with Crippen LogP contribution < -0.4 is 21.5 Å². The molecule has 0 unspecified atom stereocenters. The Morgan fingerprint density at radius 2 is 1.80 bits per heavy atom. The fraction of sp³-hybridized carbons (Fsp3) is 0.591. The van der Waals surface area contributed by atoms with Crippen LogP contribution in [0.25, 0.3) is 0 Å². The van der Waals surface area contributed by atoms with E-state index in [1.54, 1.807) is 4.90 Å². The SMILES string of the molecule is C[C@H]1[C@@H](NC(=S)NNC(=O)[C@@H]2CCCN(C(=O)Nc3ccccc3)C2)CCC[C@@H]1C. The number of nitrogens with one attached hydrogen (secondary N) is 4. The molecule has 0 aromatic heterocycles. The molecular weight excluding hydrogens is 398 g/mol. The van der Waals surface area contributed by atoms with Crippen molar-refractivity contribution >= 4 is 35.0 Å². The van der Waals surface area contributed by atoms with Gasteiger partial charge in [0.2, 0.25) is 5.91 Å². The molecule has 4 N–H and O–H groups in total.